The summed E-state index contributed by atoms with van der Waals surface area (Å²) in [6, 6.07) is 7.20. The molecule has 1 amide bonds. The largest absolute Gasteiger partial charge is 0.480 e. The van der Waals surface area contributed by atoms with Crippen molar-refractivity contribution in [3.63, 3.8) is 0 Å². The maximum absolute atomic E-state index is 13.0. The summed E-state index contributed by atoms with van der Waals surface area (Å²) in [6.07, 6.45) is 0. The quantitative estimate of drug-likeness (QED) is 0.820. The Morgan fingerprint density at radius 2 is 1.84 bits per heavy atom. The topological polar surface area (TPSA) is 101 Å². The minimum Gasteiger partial charge on any atom is -0.480 e. The molecule has 7 nitrogen and oxygen atoms in total. The molecule has 2 rings (SSSR count). The minimum atomic E-state index is -1.15. The zero-order chi connectivity index (χ0) is 18.6. The van der Waals surface area contributed by atoms with Gasteiger partial charge in [0, 0.05) is 11.6 Å². The van der Waals surface area contributed by atoms with E-state index in [4.69, 9.17) is 5.11 Å². The maximum Gasteiger partial charge on any atom is 0.326 e. The summed E-state index contributed by atoms with van der Waals surface area (Å²) in [5, 5.41) is 15.6. The van der Waals surface area contributed by atoms with Gasteiger partial charge in [0.1, 0.15) is 18.4 Å². The molecule has 0 bridgehead atoms. The Morgan fingerprint density at radius 3 is 2.40 bits per heavy atom. The monoisotopic (exact) mass is 347 g/mol. The average molecular weight is 347 g/mol. The summed E-state index contributed by atoms with van der Waals surface area (Å²) in [4.78, 5) is 35.1. The van der Waals surface area contributed by atoms with Crippen LogP contribution in [0.3, 0.4) is 0 Å². The summed E-state index contributed by atoms with van der Waals surface area (Å²) in [6.45, 7) is 2.92. The number of rotatable bonds is 6. The van der Waals surface area contributed by atoms with Crippen LogP contribution in [0.15, 0.2) is 41.2 Å². The molecule has 1 aromatic carbocycles. The molecule has 0 fully saturated rings. The van der Waals surface area contributed by atoms with Crippen molar-refractivity contribution in [1.29, 1.82) is 0 Å². The molecule has 0 aliphatic heterocycles. The van der Waals surface area contributed by atoms with Gasteiger partial charge in [-0.3, -0.25) is 9.59 Å². The average Bonchev–Trinajstić information content (AvgIpc) is 2.55. The van der Waals surface area contributed by atoms with Crippen molar-refractivity contribution in [2.45, 2.75) is 26.4 Å². The van der Waals surface area contributed by atoms with E-state index in [9.17, 15) is 18.8 Å². The lowest BCUT2D eigenvalue weighted by Gasteiger charge is -2.18. The second-order valence-corrected chi connectivity index (χ2v) is 5.85. The molecule has 1 atom stereocenters. The fraction of sp³-hybridized carbons (Fsp3) is 0.294. The summed E-state index contributed by atoms with van der Waals surface area (Å²) >= 11 is 0. The first-order valence-corrected chi connectivity index (χ1v) is 7.64. The van der Waals surface area contributed by atoms with Crippen molar-refractivity contribution >= 4 is 11.9 Å². The molecular weight excluding hydrogens is 329 g/mol. The van der Waals surface area contributed by atoms with E-state index in [1.54, 1.807) is 13.8 Å². The number of nitrogens with one attached hydrogen (secondary N) is 1. The van der Waals surface area contributed by atoms with Gasteiger partial charge in [0.25, 0.3) is 5.56 Å². The molecule has 0 aliphatic carbocycles. The van der Waals surface area contributed by atoms with E-state index in [1.807, 2.05) is 0 Å². The molecule has 2 N–H and O–H groups in total. The third-order valence-corrected chi connectivity index (χ3v) is 3.55. The molecule has 8 heteroatoms. The zero-order valence-corrected chi connectivity index (χ0v) is 13.8. The fourth-order valence-electron chi connectivity index (χ4n) is 2.21. The first kappa shape index (κ1) is 18.3. The van der Waals surface area contributed by atoms with Crippen LogP contribution in [0.5, 0.6) is 0 Å². The predicted octanol–water partition coefficient (Wildman–Crippen LogP) is 1.27. The van der Waals surface area contributed by atoms with Crippen LogP contribution < -0.4 is 10.9 Å². The second kappa shape index (κ2) is 7.69. The molecule has 25 heavy (non-hydrogen) atoms. The highest BCUT2D eigenvalue weighted by Crippen LogP contribution is 2.15. The molecule has 1 aromatic heterocycles. The first-order valence-electron chi connectivity index (χ1n) is 7.64. The molecule has 1 heterocycles. The highest BCUT2D eigenvalue weighted by atomic mass is 19.1. The Hall–Kier alpha value is -3.03. The van der Waals surface area contributed by atoms with Gasteiger partial charge in [-0.05, 0) is 36.2 Å². The van der Waals surface area contributed by atoms with E-state index in [0.717, 1.165) is 4.68 Å². The number of aliphatic carboxylic acids is 1. The molecular formula is C17H18FN3O4. The van der Waals surface area contributed by atoms with Gasteiger partial charge < -0.3 is 10.4 Å². The number of aromatic nitrogens is 2. The van der Waals surface area contributed by atoms with Crippen LogP contribution in [0, 0.1) is 11.7 Å². The SMILES string of the molecule is CC(C)C(NC(=O)Cn1nc(-c2ccc(F)cc2)ccc1=O)C(=O)O. The van der Waals surface area contributed by atoms with Crippen molar-refractivity contribution in [2.24, 2.45) is 5.92 Å². The van der Waals surface area contributed by atoms with Crippen LogP contribution >= 0.6 is 0 Å². The molecule has 0 radical (unpaired) electrons. The van der Waals surface area contributed by atoms with Gasteiger partial charge in [-0.15, -0.1) is 0 Å². The van der Waals surface area contributed by atoms with Gasteiger partial charge in [-0.25, -0.2) is 13.9 Å². The van der Waals surface area contributed by atoms with E-state index in [0.29, 0.717) is 11.3 Å². The third-order valence-electron chi connectivity index (χ3n) is 3.55. The van der Waals surface area contributed by atoms with Crippen LogP contribution in [-0.4, -0.2) is 32.8 Å². The van der Waals surface area contributed by atoms with Crippen LogP contribution in [0.2, 0.25) is 0 Å². The number of carboxylic acids is 1. The summed E-state index contributed by atoms with van der Waals surface area (Å²) in [7, 11) is 0. The van der Waals surface area contributed by atoms with Gasteiger partial charge in [-0.2, -0.15) is 5.10 Å². The van der Waals surface area contributed by atoms with Gasteiger partial charge in [0.05, 0.1) is 5.69 Å². The number of carbonyl (C=O) groups excluding carboxylic acids is 1. The van der Waals surface area contributed by atoms with Crippen molar-refractivity contribution in [3.8, 4) is 11.3 Å². The second-order valence-electron chi connectivity index (χ2n) is 5.85. The van der Waals surface area contributed by atoms with Crippen LogP contribution in [0.1, 0.15) is 13.8 Å². The number of hydrogen-bond acceptors (Lipinski definition) is 4. The van der Waals surface area contributed by atoms with E-state index in [2.05, 4.69) is 10.4 Å². The number of carboxylic acid groups (broad SMARTS) is 1. The Morgan fingerprint density at radius 1 is 1.20 bits per heavy atom. The van der Waals surface area contributed by atoms with Gasteiger partial charge in [0.15, 0.2) is 0 Å². The highest BCUT2D eigenvalue weighted by Gasteiger charge is 2.23. The highest BCUT2D eigenvalue weighted by molar-refractivity contribution is 5.83. The molecule has 0 spiro atoms. The number of nitrogens with zero attached hydrogens (tertiary/aromatic N) is 2. The molecule has 2 aromatic rings. The lowest BCUT2D eigenvalue weighted by molar-refractivity contribution is -0.143. The van der Waals surface area contributed by atoms with Crippen molar-refractivity contribution in [1.82, 2.24) is 15.1 Å². The summed E-state index contributed by atoms with van der Waals surface area (Å²) in [5.74, 6) is -2.49. The van der Waals surface area contributed by atoms with E-state index < -0.39 is 35.8 Å². The summed E-state index contributed by atoms with van der Waals surface area (Å²) < 4.78 is 13.9. The molecule has 0 saturated heterocycles. The normalized spacial score (nSPS) is 12.0. The van der Waals surface area contributed by atoms with Crippen molar-refractivity contribution in [3.05, 3.63) is 52.6 Å². The molecule has 0 saturated carbocycles. The van der Waals surface area contributed by atoms with Crippen molar-refractivity contribution < 1.29 is 19.1 Å². The maximum atomic E-state index is 13.0. The Labute approximate surface area is 143 Å². The third kappa shape index (κ3) is 4.72. The standard InChI is InChI=1S/C17H18FN3O4/c1-10(2)16(17(24)25)19-14(22)9-21-15(23)8-7-13(20-21)11-3-5-12(18)6-4-11/h3-8,10,16H,9H2,1-2H3,(H,19,22)(H,24,25). The van der Waals surface area contributed by atoms with Crippen LogP contribution in [0.4, 0.5) is 4.39 Å². The number of carbonyl (C=O) groups is 2. The Bertz CT molecular complexity index is 831. The van der Waals surface area contributed by atoms with Crippen LogP contribution in [-0.2, 0) is 16.1 Å². The Kier molecular flexibility index (Phi) is 5.63. The van der Waals surface area contributed by atoms with E-state index in [1.165, 1.54) is 36.4 Å². The molecule has 1 unspecified atom stereocenters. The predicted molar refractivity (Wildman–Crippen MR) is 88.3 cm³/mol. The van der Waals surface area contributed by atoms with Gasteiger partial charge >= 0.3 is 5.97 Å². The lowest BCUT2D eigenvalue weighted by atomic mass is 10.1. The van der Waals surface area contributed by atoms with E-state index >= 15 is 0 Å². The number of halogens is 1. The zero-order valence-electron chi connectivity index (χ0n) is 13.8. The minimum absolute atomic E-state index is 0.309. The number of benzene rings is 1. The number of amides is 1. The number of hydrogen-bond donors (Lipinski definition) is 2. The Balaban J connectivity index is 2.20. The smallest absolute Gasteiger partial charge is 0.326 e. The van der Waals surface area contributed by atoms with Crippen LogP contribution in [0.25, 0.3) is 11.3 Å². The van der Waals surface area contributed by atoms with Gasteiger partial charge in [0.2, 0.25) is 5.91 Å². The van der Waals surface area contributed by atoms with Gasteiger partial charge in [-0.1, -0.05) is 13.8 Å². The van der Waals surface area contributed by atoms with E-state index in [-0.39, 0.29) is 5.92 Å². The van der Waals surface area contributed by atoms with Crippen molar-refractivity contribution in [2.75, 3.05) is 0 Å². The fourth-order valence-corrected chi connectivity index (χ4v) is 2.21. The molecule has 0 aliphatic rings. The summed E-state index contributed by atoms with van der Waals surface area (Å²) in [5.41, 5.74) is 0.477. The molecule has 132 valence electrons. The lowest BCUT2D eigenvalue weighted by Crippen LogP contribution is -2.46. The first-order chi connectivity index (χ1) is 11.8.